The normalized spacial score (nSPS) is 11.0. The number of methoxy groups -OCH3 is 1. The summed E-state index contributed by atoms with van der Waals surface area (Å²) >= 11 is 1.42. The minimum Gasteiger partial charge on any atom is -0.497 e. The molecule has 0 aliphatic carbocycles. The fourth-order valence-electron chi connectivity index (χ4n) is 3.36. The van der Waals surface area contributed by atoms with Crippen LogP contribution in [0.3, 0.4) is 0 Å². The van der Waals surface area contributed by atoms with Crippen LogP contribution in [0.4, 0.5) is 0 Å². The van der Waals surface area contributed by atoms with Crippen molar-refractivity contribution in [3.05, 3.63) is 76.6 Å². The van der Waals surface area contributed by atoms with E-state index in [0.717, 1.165) is 38.8 Å². The number of carbonyl (C=O) groups excluding carboxylic acids is 1. The summed E-state index contributed by atoms with van der Waals surface area (Å²) in [6.07, 6.45) is 1.62. The third-order valence-corrected chi connectivity index (χ3v) is 5.99. The number of nitrogens with one attached hydrogen (secondary N) is 1. The Kier molecular flexibility index (Phi) is 7.37. The van der Waals surface area contributed by atoms with Crippen LogP contribution >= 0.6 is 11.8 Å². The predicted molar refractivity (Wildman–Crippen MR) is 126 cm³/mol. The van der Waals surface area contributed by atoms with E-state index in [1.807, 2.05) is 55.7 Å². The molecular weight excluding hydrogens is 426 g/mol. The van der Waals surface area contributed by atoms with Gasteiger partial charge in [0.1, 0.15) is 5.75 Å². The van der Waals surface area contributed by atoms with Crippen LogP contribution in [-0.4, -0.2) is 40.6 Å². The molecule has 0 radical (unpaired) electrons. The van der Waals surface area contributed by atoms with Crippen molar-refractivity contribution in [3.63, 3.8) is 0 Å². The number of aromatic nitrogens is 1. The van der Waals surface area contributed by atoms with Gasteiger partial charge in [-0.1, -0.05) is 0 Å². The zero-order valence-electron chi connectivity index (χ0n) is 18.4. The lowest BCUT2D eigenvalue weighted by Gasteiger charge is -2.13. The van der Waals surface area contributed by atoms with E-state index in [4.69, 9.17) is 4.74 Å². The summed E-state index contributed by atoms with van der Waals surface area (Å²) in [6.45, 7) is 5.81. The Hall–Kier alpha value is -3.52. The second-order valence-electron chi connectivity index (χ2n) is 7.23. The van der Waals surface area contributed by atoms with E-state index < -0.39 is 5.97 Å². The Morgan fingerprint density at radius 2 is 1.84 bits per heavy atom. The first-order chi connectivity index (χ1) is 15.3. The average molecular weight is 452 g/mol. The molecule has 32 heavy (non-hydrogen) atoms. The van der Waals surface area contributed by atoms with E-state index >= 15 is 0 Å². The molecular formula is C24H25N3O4S. The topological polar surface area (TPSA) is 92.9 Å². The highest BCUT2D eigenvalue weighted by Crippen LogP contribution is 2.24. The number of thioether (sulfide) groups is 1. The molecule has 0 saturated heterocycles. The fourth-order valence-corrected chi connectivity index (χ4v) is 4.05. The number of benzene rings is 2. The highest BCUT2D eigenvalue weighted by molar-refractivity contribution is 8.00. The standard InChI is InChI=1S/C24H25N3O4S/c1-15-11-18(24(29)30)5-10-22(15)27-16(2)12-19(17(27)3)13-25-26-23(28)14-32-21-8-6-20(31-4)7-9-21/h5-13H,14H2,1-4H3,(H,26,28)(H,29,30)/b25-13+. The molecule has 3 aromatic rings. The summed E-state index contributed by atoms with van der Waals surface area (Å²) in [5, 5.41) is 13.3. The summed E-state index contributed by atoms with van der Waals surface area (Å²) in [5.74, 6) is -0.128. The largest absolute Gasteiger partial charge is 0.497 e. The molecule has 2 N–H and O–H groups in total. The van der Waals surface area contributed by atoms with Crippen molar-refractivity contribution >= 4 is 29.9 Å². The van der Waals surface area contributed by atoms with E-state index in [9.17, 15) is 14.7 Å². The van der Waals surface area contributed by atoms with E-state index in [1.165, 1.54) is 11.8 Å². The number of amides is 1. The Balaban J connectivity index is 1.65. The molecule has 0 unspecified atom stereocenters. The zero-order chi connectivity index (χ0) is 23.3. The summed E-state index contributed by atoms with van der Waals surface area (Å²) < 4.78 is 7.17. The van der Waals surface area contributed by atoms with Crippen LogP contribution in [-0.2, 0) is 4.79 Å². The maximum absolute atomic E-state index is 12.1. The lowest BCUT2D eigenvalue weighted by molar-refractivity contribution is -0.118. The van der Waals surface area contributed by atoms with Crippen LogP contribution in [0, 0.1) is 20.8 Å². The second-order valence-corrected chi connectivity index (χ2v) is 8.27. The fraction of sp³-hybridized carbons (Fsp3) is 0.208. The van der Waals surface area contributed by atoms with Crippen LogP contribution in [0.5, 0.6) is 5.75 Å². The van der Waals surface area contributed by atoms with Gasteiger partial charge in [0, 0.05) is 27.5 Å². The second kappa shape index (κ2) is 10.2. The molecule has 2 aromatic carbocycles. The zero-order valence-corrected chi connectivity index (χ0v) is 19.2. The highest BCUT2D eigenvalue weighted by Gasteiger charge is 2.13. The van der Waals surface area contributed by atoms with Crippen molar-refractivity contribution in [1.29, 1.82) is 0 Å². The van der Waals surface area contributed by atoms with Gasteiger partial charge in [-0.3, -0.25) is 4.79 Å². The molecule has 0 aliphatic rings. The summed E-state index contributed by atoms with van der Waals surface area (Å²) in [5.41, 5.74) is 7.38. The molecule has 1 heterocycles. The Morgan fingerprint density at radius 1 is 1.12 bits per heavy atom. The maximum Gasteiger partial charge on any atom is 0.335 e. The molecule has 3 rings (SSSR count). The number of hydrogen-bond acceptors (Lipinski definition) is 5. The SMILES string of the molecule is COc1ccc(SCC(=O)N/N=C/c2cc(C)n(-c3ccc(C(=O)O)cc3C)c2C)cc1. The third kappa shape index (κ3) is 5.39. The molecule has 0 saturated carbocycles. The van der Waals surface area contributed by atoms with Gasteiger partial charge in [-0.2, -0.15) is 5.10 Å². The summed E-state index contributed by atoms with van der Waals surface area (Å²) in [4.78, 5) is 24.3. The molecule has 0 bridgehead atoms. The predicted octanol–water partition coefficient (Wildman–Crippen LogP) is 4.35. The van der Waals surface area contributed by atoms with Gasteiger partial charge in [0.05, 0.1) is 24.6 Å². The molecule has 0 fully saturated rings. The number of carboxylic acid groups (broad SMARTS) is 1. The van der Waals surface area contributed by atoms with E-state index in [-0.39, 0.29) is 17.2 Å². The lowest BCUT2D eigenvalue weighted by Crippen LogP contribution is -2.19. The quantitative estimate of drug-likeness (QED) is 0.302. The van der Waals surface area contributed by atoms with Crippen molar-refractivity contribution in [2.75, 3.05) is 12.9 Å². The van der Waals surface area contributed by atoms with Crippen molar-refractivity contribution in [2.24, 2.45) is 5.10 Å². The lowest BCUT2D eigenvalue weighted by atomic mass is 10.1. The summed E-state index contributed by atoms with van der Waals surface area (Å²) in [6, 6.07) is 14.5. The smallest absolute Gasteiger partial charge is 0.335 e. The van der Waals surface area contributed by atoms with Crippen molar-refractivity contribution in [2.45, 2.75) is 25.7 Å². The van der Waals surface area contributed by atoms with Gasteiger partial charge in [0.2, 0.25) is 5.91 Å². The number of hydrogen-bond donors (Lipinski definition) is 2. The first-order valence-electron chi connectivity index (χ1n) is 9.92. The number of nitrogens with zero attached hydrogens (tertiary/aromatic N) is 2. The molecule has 166 valence electrons. The Morgan fingerprint density at radius 3 is 2.47 bits per heavy atom. The van der Waals surface area contributed by atoms with Crippen molar-refractivity contribution in [3.8, 4) is 11.4 Å². The van der Waals surface area contributed by atoms with Crippen LogP contribution in [0.25, 0.3) is 5.69 Å². The monoisotopic (exact) mass is 451 g/mol. The average Bonchev–Trinajstić information content (AvgIpc) is 3.05. The van der Waals surface area contributed by atoms with Gasteiger partial charge >= 0.3 is 5.97 Å². The van der Waals surface area contributed by atoms with Crippen LogP contribution in [0.15, 0.2) is 58.5 Å². The first kappa shape index (κ1) is 23.1. The molecule has 8 heteroatoms. The molecule has 1 amide bonds. The minimum atomic E-state index is -0.950. The first-order valence-corrected chi connectivity index (χ1v) is 10.9. The van der Waals surface area contributed by atoms with Gasteiger partial charge in [-0.25, -0.2) is 10.2 Å². The van der Waals surface area contributed by atoms with Gasteiger partial charge in [0.15, 0.2) is 0 Å². The van der Waals surface area contributed by atoms with Gasteiger partial charge in [0.25, 0.3) is 0 Å². The number of ether oxygens (including phenoxy) is 1. The number of hydrazone groups is 1. The Bertz CT molecular complexity index is 1170. The molecule has 7 nitrogen and oxygen atoms in total. The molecule has 0 atom stereocenters. The van der Waals surface area contributed by atoms with Crippen LogP contribution in [0.2, 0.25) is 0 Å². The highest BCUT2D eigenvalue weighted by atomic mass is 32.2. The van der Waals surface area contributed by atoms with Gasteiger partial charge < -0.3 is 14.4 Å². The van der Waals surface area contributed by atoms with Crippen LogP contribution < -0.4 is 10.2 Å². The molecule has 0 spiro atoms. The van der Waals surface area contributed by atoms with Crippen molar-refractivity contribution in [1.82, 2.24) is 9.99 Å². The molecule has 1 aromatic heterocycles. The third-order valence-electron chi connectivity index (χ3n) is 4.98. The van der Waals surface area contributed by atoms with Crippen LogP contribution in [0.1, 0.15) is 32.9 Å². The summed E-state index contributed by atoms with van der Waals surface area (Å²) in [7, 11) is 1.61. The minimum absolute atomic E-state index is 0.198. The number of carbonyl (C=O) groups is 2. The van der Waals surface area contributed by atoms with Gasteiger partial charge in [-0.15, -0.1) is 11.8 Å². The van der Waals surface area contributed by atoms with Crippen molar-refractivity contribution < 1.29 is 19.4 Å². The van der Waals surface area contributed by atoms with E-state index in [1.54, 1.807) is 31.5 Å². The Labute approximate surface area is 191 Å². The van der Waals surface area contributed by atoms with E-state index in [2.05, 4.69) is 10.5 Å². The van der Waals surface area contributed by atoms with E-state index in [0.29, 0.717) is 0 Å². The number of aryl methyl sites for hydroxylation is 2. The maximum atomic E-state index is 12.1. The number of carboxylic acids is 1. The molecule has 0 aliphatic heterocycles. The van der Waals surface area contributed by atoms with Gasteiger partial charge in [-0.05, 0) is 74.9 Å². The number of rotatable bonds is 8. The number of aromatic carboxylic acids is 1.